The Morgan fingerprint density at radius 1 is 1.41 bits per heavy atom. The van der Waals surface area contributed by atoms with Crippen LogP contribution in [0.5, 0.6) is 0 Å². The van der Waals surface area contributed by atoms with Gasteiger partial charge in [-0.25, -0.2) is 0 Å². The third kappa shape index (κ3) is 4.32. The Balaban J connectivity index is 2.60. The Morgan fingerprint density at radius 3 is 2.82 bits per heavy atom. The number of anilines is 1. The molecule has 0 spiro atoms. The van der Waals surface area contributed by atoms with E-state index >= 15 is 0 Å². The summed E-state index contributed by atoms with van der Waals surface area (Å²) in [5, 5.41) is 3.40. The van der Waals surface area contributed by atoms with E-state index in [2.05, 4.69) is 18.3 Å². The average molecular weight is 252 g/mol. The van der Waals surface area contributed by atoms with Gasteiger partial charge < -0.3 is 15.8 Å². The van der Waals surface area contributed by atoms with E-state index in [1.54, 1.807) is 7.11 Å². The van der Waals surface area contributed by atoms with E-state index in [-0.39, 0.29) is 0 Å². The molecule has 0 aromatic heterocycles. The molecule has 0 bridgehead atoms. The van der Waals surface area contributed by atoms with Crippen molar-refractivity contribution in [1.82, 2.24) is 0 Å². The summed E-state index contributed by atoms with van der Waals surface area (Å²) in [5.74, 6) is 0. The smallest absolute Gasteiger partial charge is 0.106 e. The first kappa shape index (κ1) is 13.9. The fourth-order valence-corrected chi connectivity index (χ4v) is 1.86. The van der Waals surface area contributed by atoms with Crippen LogP contribution in [0.4, 0.5) is 5.69 Å². The maximum absolute atomic E-state index is 5.71. The van der Waals surface area contributed by atoms with Gasteiger partial charge in [0.05, 0.1) is 0 Å². The van der Waals surface area contributed by atoms with Crippen LogP contribution >= 0.6 is 12.2 Å². The molecule has 17 heavy (non-hydrogen) atoms. The maximum Gasteiger partial charge on any atom is 0.106 e. The molecule has 0 amide bonds. The summed E-state index contributed by atoms with van der Waals surface area (Å²) >= 11 is 5.05. The van der Waals surface area contributed by atoms with Gasteiger partial charge in [0.25, 0.3) is 0 Å². The largest absolute Gasteiger partial charge is 0.389 e. The lowest BCUT2D eigenvalue weighted by atomic mass is 10.1. The molecule has 3 nitrogen and oxygen atoms in total. The lowest BCUT2D eigenvalue weighted by Crippen LogP contribution is -2.15. The van der Waals surface area contributed by atoms with E-state index in [0.717, 1.165) is 37.2 Å². The van der Waals surface area contributed by atoms with E-state index in [0.29, 0.717) is 4.99 Å². The number of nitrogens with one attached hydrogen (secondary N) is 1. The van der Waals surface area contributed by atoms with E-state index in [1.807, 2.05) is 12.1 Å². The van der Waals surface area contributed by atoms with Gasteiger partial charge in [-0.1, -0.05) is 24.4 Å². The number of rotatable bonds is 7. The summed E-state index contributed by atoms with van der Waals surface area (Å²) in [5.41, 5.74) is 8.85. The summed E-state index contributed by atoms with van der Waals surface area (Å²) in [6.45, 7) is 3.76. The highest BCUT2D eigenvalue weighted by atomic mass is 32.1. The van der Waals surface area contributed by atoms with Gasteiger partial charge in [0.2, 0.25) is 0 Å². The molecule has 4 heteroatoms. The van der Waals surface area contributed by atoms with Crippen LogP contribution in [0.3, 0.4) is 0 Å². The predicted molar refractivity (Wildman–Crippen MR) is 76.7 cm³/mol. The number of unbranched alkanes of at least 4 members (excludes halogenated alkanes) is 1. The van der Waals surface area contributed by atoms with Gasteiger partial charge >= 0.3 is 0 Å². The molecule has 1 aromatic carbocycles. The standard InChI is InChI=1S/C13H20N2OS/c1-10-6-5-7-11(13(14)17)12(10)15-8-3-4-9-16-2/h5-7,15H,3-4,8-9H2,1-2H3,(H2,14,17). The number of hydrogen-bond donors (Lipinski definition) is 2. The van der Waals surface area contributed by atoms with Crippen LogP contribution in [0.25, 0.3) is 0 Å². The number of benzene rings is 1. The SMILES string of the molecule is COCCCCNc1c(C)cccc1C(N)=S. The second-order valence-corrected chi connectivity index (χ2v) is 4.43. The van der Waals surface area contributed by atoms with Crippen LogP contribution in [-0.2, 0) is 4.74 Å². The lowest BCUT2D eigenvalue weighted by molar-refractivity contribution is 0.194. The molecule has 0 saturated carbocycles. The second kappa shape index (κ2) is 7.25. The molecule has 1 rings (SSSR count). The molecule has 0 atom stereocenters. The molecule has 0 aliphatic carbocycles. The van der Waals surface area contributed by atoms with Crippen molar-refractivity contribution in [1.29, 1.82) is 0 Å². The molecule has 0 heterocycles. The first-order chi connectivity index (χ1) is 8.16. The van der Waals surface area contributed by atoms with Crippen molar-refractivity contribution in [3.8, 4) is 0 Å². The van der Waals surface area contributed by atoms with Crippen LogP contribution in [0.2, 0.25) is 0 Å². The molecule has 1 aromatic rings. The minimum Gasteiger partial charge on any atom is -0.389 e. The normalized spacial score (nSPS) is 10.2. The molecule has 0 unspecified atom stereocenters. The van der Waals surface area contributed by atoms with Gasteiger partial charge in [0, 0.05) is 31.5 Å². The Hall–Kier alpha value is -1.13. The highest BCUT2D eigenvalue weighted by Crippen LogP contribution is 2.20. The van der Waals surface area contributed by atoms with E-state index < -0.39 is 0 Å². The van der Waals surface area contributed by atoms with Crippen molar-refractivity contribution in [2.75, 3.05) is 25.6 Å². The van der Waals surface area contributed by atoms with Gasteiger partial charge in [-0.3, -0.25) is 0 Å². The topological polar surface area (TPSA) is 47.3 Å². The molecule has 0 aliphatic rings. The molecule has 0 aliphatic heterocycles. The molecule has 0 saturated heterocycles. The highest BCUT2D eigenvalue weighted by molar-refractivity contribution is 7.80. The number of nitrogens with two attached hydrogens (primary N) is 1. The molecular weight excluding hydrogens is 232 g/mol. The first-order valence-corrected chi connectivity index (χ1v) is 6.20. The van der Waals surface area contributed by atoms with Gasteiger partial charge in [0.1, 0.15) is 4.99 Å². The van der Waals surface area contributed by atoms with Crippen molar-refractivity contribution in [3.63, 3.8) is 0 Å². The minimum atomic E-state index is 0.438. The van der Waals surface area contributed by atoms with Crippen LogP contribution < -0.4 is 11.1 Å². The summed E-state index contributed by atoms with van der Waals surface area (Å²) in [4.78, 5) is 0.438. The molecule has 94 valence electrons. The van der Waals surface area contributed by atoms with Crippen molar-refractivity contribution >= 4 is 22.9 Å². The number of aryl methyl sites for hydroxylation is 1. The third-order valence-electron chi connectivity index (χ3n) is 2.62. The highest BCUT2D eigenvalue weighted by Gasteiger charge is 2.06. The van der Waals surface area contributed by atoms with Crippen LogP contribution in [-0.4, -0.2) is 25.2 Å². The Morgan fingerprint density at radius 2 is 2.18 bits per heavy atom. The maximum atomic E-state index is 5.71. The molecular formula is C13H20N2OS. The number of hydrogen-bond acceptors (Lipinski definition) is 3. The number of para-hydroxylation sites is 1. The number of methoxy groups -OCH3 is 1. The predicted octanol–water partition coefficient (Wildman–Crippen LogP) is 2.47. The van der Waals surface area contributed by atoms with Crippen molar-refractivity contribution in [3.05, 3.63) is 29.3 Å². The summed E-state index contributed by atoms with van der Waals surface area (Å²) in [6.07, 6.45) is 2.12. The monoisotopic (exact) mass is 252 g/mol. The fraction of sp³-hybridized carbons (Fsp3) is 0.462. The zero-order valence-electron chi connectivity index (χ0n) is 10.5. The van der Waals surface area contributed by atoms with Crippen LogP contribution in [0, 0.1) is 6.92 Å². The Labute approximate surface area is 108 Å². The van der Waals surface area contributed by atoms with E-state index in [4.69, 9.17) is 22.7 Å². The fourth-order valence-electron chi connectivity index (χ4n) is 1.69. The zero-order valence-corrected chi connectivity index (χ0v) is 11.3. The minimum absolute atomic E-state index is 0.438. The summed E-state index contributed by atoms with van der Waals surface area (Å²) < 4.78 is 5.01. The molecule has 3 N–H and O–H groups in total. The van der Waals surface area contributed by atoms with E-state index in [1.165, 1.54) is 5.56 Å². The summed E-state index contributed by atoms with van der Waals surface area (Å²) in [6, 6.07) is 5.98. The van der Waals surface area contributed by atoms with Crippen molar-refractivity contribution < 1.29 is 4.74 Å². The number of ether oxygens (including phenoxy) is 1. The van der Waals surface area contributed by atoms with Crippen molar-refractivity contribution in [2.24, 2.45) is 5.73 Å². The van der Waals surface area contributed by atoms with Gasteiger partial charge in [0.15, 0.2) is 0 Å². The first-order valence-electron chi connectivity index (χ1n) is 5.79. The van der Waals surface area contributed by atoms with Crippen molar-refractivity contribution in [2.45, 2.75) is 19.8 Å². The molecule has 0 radical (unpaired) electrons. The van der Waals surface area contributed by atoms with Gasteiger partial charge in [-0.15, -0.1) is 0 Å². The third-order valence-corrected chi connectivity index (χ3v) is 2.84. The second-order valence-electron chi connectivity index (χ2n) is 3.99. The van der Waals surface area contributed by atoms with Crippen LogP contribution in [0.1, 0.15) is 24.0 Å². The Bertz CT molecular complexity index is 380. The molecule has 0 fully saturated rings. The number of thiocarbonyl (C=S) groups is 1. The van der Waals surface area contributed by atoms with E-state index in [9.17, 15) is 0 Å². The Kier molecular flexibility index (Phi) is 5.94. The zero-order chi connectivity index (χ0) is 12.7. The van der Waals surface area contributed by atoms with Crippen LogP contribution in [0.15, 0.2) is 18.2 Å². The lowest BCUT2D eigenvalue weighted by Gasteiger charge is -2.13. The quantitative estimate of drug-likeness (QED) is 0.578. The van der Waals surface area contributed by atoms with Gasteiger partial charge in [-0.2, -0.15) is 0 Å². The van der Waals surface area contributed by atoms with Gasteiger partial charge in [-0.05, 0) is 31.4 Å². The average Bonchev–Trinajstić information content (AvgIpc) is 2.30. The summed E-state index contributed by atoms with van der Waals surface area (Å²) in [7, 11) is 1.72.